The van der Waals surface area contributed by atoms with Crippen LogP contribution in [0.25, 0.3) is 0 Å². The molecule has 1 amide bonds. The lowest BCUT2D eigenvalue weighted by Gasteiger charge is -2.38. The summed E-state index contributed by atoms with van der Waals surface area (Å²) in [6, 6.07) is 22.8. The molecule has 3 aromatic carbocycles. The number of hydrogen-bond acceptors (Lipinski definition) is 5. The maximum Gasteiger partial charge on any atom is 0.330 e. The first-order valence-electron chi connectivity index (χ1n) is 12.5. The van der Waals surface area contributed by atoms with E-state index in [4.69, 9.17) is 16.3 Å². The summed E-state index contributed by atoms with van der Waals surface area (Å²) in [6.45, 7) is 1.46. The van der Waals surface area contributed by atoms with Crippen molar-refractivity contribution in [2.75, 3.05) is 7.11 Å². The summed E-state index contributed by atoms with van der Waals surface area (Å²) in [6.07, 6.45) is 0. The number of Topliss-reactive ketones (excluding diaryl/α,β-unsaturated/α-hetero) is 1. The number of ketones is 1. The van der Waals surface area contributed by atoms with Gasteiger partial charge in [-0.05, 0) is 66.6 Å². The largest absolute Gasteiger partial charge is 0.497 e. The fourth-order valence-corrected chi connectivity index (χ4v) is 6.74. The molecule has 1 aliphatic heterocycles. The number of likely N-dealkylation sites (tertiary alicyclic amines) is 1. The van der Waals surface area contributed by atoms with Crippen LogP contribution < -0.4 is 4.74 Å². The molecule has 204 valence electrons. The van der Waals surface area contributed by atoms with Crippen molar-refractivity contribution in [3.8, 4) is 5.75 Å². The predicted molar refractivity (Wildman–Crippen MR) is 151 cm³/mol. The summed E-state index contributed by atoms with van der Waals surface area (Å²) < 4.78 is 19.9. The average molecular weight is 578 g/mol. The van der Waals surface area contributed by atoms with Gasteiger partial charge in [0.15, 0.2) is 5.78 Å². The van der Waals surface area contributed by atoms with E-state index in [0.717, 1.165) is 11.3 Å². The smallest absolute Gasteiger partial charge is 0.330 e. The second-order valence-corrected chi connectivity index (χ2v) is 11.5. The molecule has 4 aromatic rings. The average Bonchev–Trinajstić information content (AvgIpc) is 3.52. The van der Waals surface area contributed by atoms with E-state index in [1.54, 1.807) is 66.7 Å². The number of rotatable bonds is 7. The highest BCUT2D eigenvalue weighted by Gasteiger charge is 2.65. The number of amides is 1. The van der Waals surface area contributed by atoms with E-state index in [1.165, 1.54) is 43.2 Å². The number of ether oxygens (including phenoxy) is 1. The zero-order valence-electron chi connectivity index (χ0n) is 21.6. The van der Waals surface area contributed by atoms with Crippen LogP contribution in [0.15, 0.2) is 91.0 Å². The maximum atomic E-state index is 14.4. The van der Waals surface area contributed by atoms with Crippen molar-refractivity contribution < 1.29 is 28.6 Å². The lowest BCUT2D eigenvalue weighted by molar-refractivity contribution is -0.148. The van der Waals surface area contributed by atoms with Crippen LogP contribution in [0.4, 0.5) is 4.39 Å². The van der Waals surface area contributed by atoms with E-state index in [2.05, 4.69) is 0 Å². The normalized spacial score (nSPS) is 22.2. The van der Waals surface area contributed by atoms with Crippen molar-refractivity contribution in [3.63, 3.8) is 0 Å². The van der Waals surface area contributed by atoms with Crippen molar-refractivity contribution in [1.82, 2.24) is 4.90 Å². The number of nitrogens with zero attached hydrogens (tertiary/aromatic N) is 1. The molecular weight excluding hydrogens is 553 g/mol. The van der Waals surface area contributed by atoms with E-state index in [0.29, 0.717) is 26.1 Å². The SMILES string of the molecule is COc1cccc(C2C(C(=O)c3ccc(Cl)s3)C(c3ccc(F)cc3)N(C(=O)c3ccccc3)C2(C)C(=O)O)c1. The van der Waals surface area contributed by atoms with Crippen LogP contribution in [-0.4, -0.2) is 40.3 Å². The number of carboxylic acids is 1. The van der Waals surface area contributed by atoms with Crippen LogP contribution in [0.5, 0.6) is 5.75 Å². The van der Waals surface area contributed by atoms with Crippen LogP contribution in [0.1, 0.15) is 50.0 Å². The number of aliphatic carboxylic acids is 1. The molecule has 0 saturated carbocycles. The van der Waals surface area contributed by atoms with Gasteiger partial charge in [0.05, 0.1) is 28.3 Å². The zero-order chi connectivity index (χ0) is 28.6. The molecule has 9 heteroatoms. The third kappa shape index (κ3) is 4.67. The molecule has 6 nitrogen and oxygen atoms in total. The van der Waals surface area contributed by atoms with Gasteiger partial charge in [0.25, 0.3) is 5.91 Å². The quantitative estimate of drug-likeness (QED) is 0.242. The Morgan fingerprint density at radius 3 is 2.25 bits per heavy atom. The molecule has 40 heavy (non-hydrogen) atoms. The van der Waals surface area contributed by atoms with Crippen molar-refractivity contribution in [2.45, 2.75) is 24.4 Å². The Labute approximate surface area is 239 Å². The van der Waals surface area contributed by atoms with Crippen molar-refractivity contribution in [3.05, 3.63) is 123 Å². The summed E-state index contributed by atoms with van der Waals surface area (Å²) in [5.41, 5.74) is -0.677. The van der Waals surface area contributed by atoms with Crippen LogP contribution in [0.2, 0.25) is 4.34 Å². The van der Waals surface area contributed by atoms with Gasteiger partial charge in [-0.2, -0.15) is 0 Å². The highest BCUT2D eigenvalue weighted by atomic mass is 35.5. The number of carbonyl (C=O) groups excluding carboxylic acids is 2. The Morgan fingerprint density at radius 1 is 0.950 bits per heavy atom. The van der Waals surface area contributed by atoms with E-state index in [1.807, 2.05) is 0 Å². The molecule has 0 spiro atoms. The van der Waals surface area contributed by atoms with Gasteiger partial charge in [0, 0.05) is 11.5 Å². The second-order valence-electron chi connectivity index (χ2n) is 9.74. The minimum absolute atomic E-state index is 0.263. The summed E-state index contributed by atoms with van der Waals surface area (Å²) in [4.78, 5) is 43.6. The van der Waals surface area contributed by atoms with Gasteiger partial charge in [0.1, 0.15) is 17.1 Å². The lowest BCUT2D eigenvalue weighted by Crippen LogP contribution is -2.54. The third-order valence-electron chi connectivity index (χ3n) is 7.54. The van der Waals surface area contributed by atoms with E-state index in [9.17, 15) is 23.9 Å². The topological polar surface area (TPSA) is 83.9 Å². The van der Waals surface area contributed by atoms with Gasteiger partial charge < -0.3 is 14.7 Å². The highest BCUT2D eigenvalue weighted by molar-refractivity contribution is 7.18. The Morgan fingerprint density at radius 2 is 1.65 bits per heavy atom. The molecule has 1 fully saturated rings. The predicted octanol–water partition coefficient (Wildman–Crippen LogP) is 6.87. The summed E-state index contributed by atoms with van der Waals surface area (Å²) in [7, 11) is 1.49. The molecule has 4 unspecified atom stereocenters. The number of benzene rings is 3. The van der Waals surface area contributed by atoms with E-state index >= 15 is 0 Å². The molecule has 5 rings (SSSR count). The first kappa shape index (κ1) is 27.6. The fraction of sp³-hybridized carbons (Fsp3) is 0.194. The molecule has 1 aromatic heterocycles. The van der Waals surface area contributed by atoms with Gasteiger partial charge in [-0.15, -0.1) is 11.3 Å². The Balaban J connectivity index is 1.83. The number of carboxylic acid groups (broad SMARTS) is 1. The van der Waals surface area contributed by atoms with Gasteiger partial charge in [0.2, 0.25) is 0 Å². The molecule has 0 radical (unpaired) electrons. The molecule has 1 aliphatic rings. The second kappa shape index (κ2) is 10.9. The van der Waals surface area contributed by atoms with Gasteiger partial charge in [-0.1, -0.05) is 54.1 Å². The van der Waals surface area contributed by atoms with Crippen LogP contribution in [0.3, 0.4) is 0 Å². The van der Waals surface area contributed by atoms with Crippen LogP contribution >= 0.6 is 22.9 Å². The van der Waals surface area contributed by atoms with Crippen molar-refractivity contribution >= 4 is 40.6 Å². The monoisotopic (exact) mass is 577 g/mol. The molecule has 1 saturated heterocycles. The summed E-state index contributed by atoms with van der Waals surface area (Å²) in [5, 5.41) is 10.9. The number of hydrogen-bond donors (Lipinski definition) is 1. The molecular formula is C31H25ClFNO5S. The zero-order valence-corrected chi connectivity index (χ0v) is 23.2. The number of thiophene rings is 1. The number of methoxy groups -OCH3 is 1. The molecule has 0 aliphatic carbocycles. The molecule has 1 N–H and O–H groups in total. The third-order valence-corrected chi connectivity index (χ3v) is 8.78. The highest BCUT2D eigenvalue weighted by Crippen LogP contribution is 2.57. The Bertz CT molecular complexity index is 1570. The minimum atomic E-state index is -1.89. The van der Waals surface area contributed by atoms with E-state index < -0.39 is 41.1 Å². The maximum absolute atomic E-state index is 14.4. The molecule has 4 atom stereocenters. The van der Waals surface area contributed by atoms with Gasteiger partial charge in [-0.3, -0.25) is 9.59 Å². The summed E-state index contributed by atoms with van der Waals surface area (Å²) >= 11 is 7.27. The lowest BCUT2D eigenvalue weighted by atomic mass is 9.72. The van der Waals surface area contributed by atoms with Gasteiger partial charge in [-0.25, -0.2) is 9.18 Å². The minimum Gasteiger partial charge on any atom is -0.497 e. The Kier molecular flexibility index (Phi) is 7.49. The number of carbonyl (C=O) groups is 3. The Hall–Kier alpha value is -4.01. The first-order valence-corrected chi connectivity index (χ1v) is 13.7. The first-order chi connectivity index (χ1) is 19.2. The molecule has 0 bridgehead atoms. The van der Waals surface area contributed by atoms with Crippen LogP contribution in [0, 0.1) is 11.7 Å². The van der Waals surface area contributed by atoms with Gasteiger partial charge >= 0.3 is 5.97 Å². The van der Waals surface area contributed by atoms with Crippen molar-refractivity contribution in [1.29, 1.82) is 0 Å². The van der Waals surface area contributed by atoms with E-state index in [-0.39, 0.29) is 11.3 Å². The number of halogens is 2. The standard InChI is InChI=1S/C31H25ClFNO5S/c1-31(30(37)38)26(20-9-6-10-22(17-20)39-2)25(28(35)23-15-16-24(32)40-23)27(18-11-13-21(33)14-12-18)34(31)29(36)19-7-4-3-5-8-19/h3-17,25-27H,1-2H3,(H,37,38). The summed E-state index contributed by atoms with van der Waals surface area (Å²) in [5.74, 6) is -4.29. The van der Waals surface area contributed by atoms with Crippen LogP contribution in [-0.2, 0) is 4.79 Å². The van der Waals surface area contributed by atoms with Crippen molar-refractivity contribution in [2.24, 2.45) is 5.92 Å². The fourth-order valence-electron chi connectivity index (χ4n) is 5.71. The molecule has 2 heterocycles.